The molecular weight excluding hydrogens is 238 g/mol. The lowest BCUT2D eigenvalue weighted by Crippen LogP contribution is -2.57. The molecule has 0 spiro atoms. The van der Waals surface area contributed by atoms with Crippen LogP contribution in [0.1, 0.15) is 6.42 Å². The van der Waals surface area contributed by atoms with E-state index in [1.807, 2.05) is 12.1 Å². The lowest BCUT2D eigenvalue weighted by Gasteiger charge is -2.37. The Labute approximate surface area is 115 Å². The average molecular weight is 261 g/mol. The second-order valence-corrected chi connectivity index (χ2v) is 5.39. The molecule has 0 radical (unpaired) electrons. The van der Waals surface area contributed by atoms with Crippen LogP contribution in [0.2, 0.25) is 0 Å². The second kappa shape index (κ2) is 5.80. The van der Waals surface area contributed by atoms with E-state index in [9.17, 15) is 0 Å². The van der Waals surface area contributed by atoms with Crippen LogP contribution in [0, 0.1) is 0 Å². The molecule has 2 heterocycles. The zero-order chi connectivity index (χ0) is 13.1. The van der Waals surface area contributed by atoms with Gasteiger partial charge in [-0.1, -0.05) is 0 Å². The molecule has 1 aromatic carbocycles. The van der Waals surface area contributed by atoms with E-state index in [-0.39, 0.29) is 0 Å². The summed E-state index contributed by atoms with van der Waals surface area (Å²) in [7, 11) is 1.71. The van der Waals surface area contributed by atoms with E-state index in [2.05, 4.69) is 27.2 Å². The fourth-order valence-electron chi connectivity index (χ4n) is 2.89. The highest BCUT2D eigenvalue weighted by molar-refractivity contribution is 5.49. The molecule has 3 rings (SSSR count). The summed E-state index contributed by atoms with van der Waals surface area (Å²) in [6, 6.07) is 9.20. The van der Waals surface area contributed by atoms with Crippen molar-refractivity contribution < 1.29 is 4.74 Å². The summed E-state index contributed by atoms with van der Waals surface area (Å²) in [6.07, 6.45) is 1.25. The van der Waals surface area contributed by atoms with Crippen molar-refractivity contribution in [1.29, 1.82) is 0 Å². The van der Waals surface area contributed by atoms with Crippen molar-refractivity contribution in [3.05, 3.63) is 24.3 Å². The van der Waals surface area contributed by atoms with Gasteiger partial charge >= 0.3 is 0 Å². The fraction of sp³-hybridized carbons (Fsp3) is 0.600. The van der Waals surface area contributed by atoms with Gasteiger partial charge in [0, 0.05) is 51.0 Å². The standard InChI is InChI=1S/C15H23N3O/c1-19-15-5-3-13(4-6-15)17-7-2-8-18(10-9-17)14-11-16-12-14/h3-6,14,16H,2,7-12H2,1H3. The fourth-order valence-corrected chi connectivity index (χ4v) is 2.89. The molecule has 0 bridgehead atoms. The van der Waals surface area contributed by atoms with Gasteiger partial charge in [-0.25, -0.2) is 0 Å². The van der Waals surface area contributed by atoms with Crippen LogP contribution in [0.25, 0.3) is 0 Å². The number of rotatable bonds is 3. The van der Waals surface area contributed by atoms with E-state index < -0.39 is 0 Å². The Balaban J connectivity index is 1.61. The Morgan fingerprint density at radius 1 is 1.05 bits per heavy atom. The van der Waals surface area contributed by atoms with Gasteiger partial charge in [-0.05, 0) is 30.7 Å². The number of ether oxygens (including phenoxy) is 1. The van der Waals surface area contributed by atoms with Crippen LogP contribution < -0.4 is 15.0 Å². The van der Waals surface area contributed by atoms with Gasteiger partial charge in [-0.2, -0.15) is 0 Å². The Hall–Kier alpha value is -1.26. The first kappa shape index (κ1) is 12.8. The zero-order valence-electron chi connectivity index (χ0n) is 11.6. The number of hydrogen-bond donors (Lipinski definition) is 1. The molecule has 0 unspecified atom stereocenters. The van der Waals surface area contributed by atoms with E-state index in [1.54, 1.807) is 7.11 Å². The van der Waals surface area contributed by atoms with E-state index in [0.29, 0.717) is 0 Å². The normalized spacial score (nSPS) is 21.8. The van der Waals surface area contributed by atoms with Gasteiger partial charge in [0.05, 0.1) is 7.11 Å². The molecule has 0 atom stereocenters. The van der Waals surface area contributed by atoms with Gasteiger partial charge in [0.2, 0.25) is 0 Å². The summed E-state index contributed by atoms with van der Waals surface area (Å²) < 4.78 is 5.22. The molecule has 2 saturated heterocycles. The molecule has 2 aliphatic heterocycles. The van der Waals surface area contributed by atoms with Crippen molar-refractivity contribution in [1.82, 2.24) is 10.2 Å². The summed E-state index contributed by atoms with van der Waals surface area (Å²) in [5.74, 6) is 0.931. The molecule has 4 nitrogen and oxygen atoms in total. The summed E-state index contributed by atoms with van der Waals surface area (Å²) in [4.78, 5) is 5.13. The van der Waals surface area contributed by atoms with Crippen LogP contribution in [-0.2, 0) is 0 Å². The third kappa shape index (κ3) is 2.85. The molecule has 0 saturated carbocycles. The van der Waals surface area contributed by atoms with Crippen molar-refractivity contribution in [3.8, 4) is 5.75 Å². The lowest BCUT2D eigenvalue weighted by atomic mass is 10.1. The molecule has 0 amide bonds. The summed E-state index contributed by atoms with van der Waals surface area (Å²) in [6.45, 7) is 7.04. The molecular formula is C15H23N3O. The van der Waals surface area contributed by atoms with Crippen LogP contribution in [0.4, 0.5) is 5.69 Å². The van der Waals surface area contributed by atoms with E-state index in [4.69, 9.17) is 4.74 Å². The monoisotopic (exact) mass is 261 g/mol. The predicted molar refractivity (Wildman–Crippen MR) is 78.1 cm³/mol. The van der Waals surface area contributed by atoms with E-state index in [1.165, 1.54) is 38.3 Å². The zero-order valence-corrected chi connectivity index (χ0v) is 11.6. The molecule has 2 aliphatic rings. The summed E-state index contributed by atoms with van der Waals surface area (Å²) in [5.41, 5.74) is 1.31. The molecule has 1 aromatic rings. The molecule has 19 heavy (non-hydrogen) atoms. The maximum atomic E-state index is 5.22. The van der Waals surface area contributed by atoms with Gasteiger partial charge in [-0.3, -0.25) is 4.90 Å². The van der Waals surface area contributed by atoms with Gasteiger partial charge in [-0.15, -0.1) is 0 Å². The van der Waals surface area contributed by atoms with Crippen LogP contribution in [0.3, 0.4) is 0 Å². The minimum Gasteiger partial charge on any atom is -0.497 e. The molecule has 104 valence electrons. The van der Waals surface area contributed by atoms with Crippen molar-refractivity contribution in [2.24, 2.45) is 0 Å². The Morgan fingerprint density at radius 2 is 1.84 bits per heavy atom. The van der Waals surface area contributed by atoms with Crippen molar-refractivity contribution >= 4 is 5.69 Å². The Kier molecular flexibility index (Phi) is 3.89. The average Bonchev–Trinajstić information content (AvgIpc) is 2.63. The van der Waals surface area contributed by atoms with Crippen LogP contribution in [0.15, 0.2) is 24.3 Å². The smallest absolute Gasteiger partial charge is 0.119 e. The van der Waals surface area contributed by atoms with Gasteiger partial charge in [0.25, 0.3) is 0 Å². The van der Waals surface area contributed by atoms with Crippen LogP contribution >= 0.6 is 0 Å². The molecule has 0 aromatic heterocycles. The summed E-state index contributed by atoms with van der Waals surface area (Å²) >= 11 is 0. The third-order valence-corrected chi connectivity index (χ3v) is 4.24. The van der Waals surface area contributed by atoms with Gasteiger partial charge in [0.1, 0.15) is 5.75 Å². The van der Waals surface area contributed by atoms with Crippen molar-refractivity contribution in [3.63, 3.8) is 0 Å². The first-order chi connectivity index (χ1) is 9.36. The first-order valence-corrected chi connectivity index (χ1v) is 7.20. The number of nitrogens with zero attached hydrogens (tertiary/aromatic N) is 2. The second-order valence-electron chi connectivity index (χ2n) is 5.39. The minimum absolute atomic E-state index is 0.774. The Morgan fingerprint density at radius 3 is 2.47 bits per heavy atom. The highest BCUT2D eigenvalue weighted by atomic mass is 16.5. The highest BCUT2D eigenvalue weighted by Crippen LogP contribution is 2.21. The van der Waals surface area contributed by atoms with E-state index in [0.717, 1.165) is 24.9 Å². The topological polar surface area (TPSA) is 27.7 Å². The van der Waals surface area contributed by atoms with Gasteiger partial charge < -0.3 is 15.0 Å². The lowest BCUT2D eigenvalue weighted by molar-refractivity contribution is 0.155. The number of nitrogens with one attached hydrogen (secondary N) is 1. The highest BCUT2D eigenvalue weighted by Gasteiger charge is 2.26. The molecule has 4 heteroatoms. The SMILES string of the molecule is COc1ccc(N2CCCN(C3CNC3)CC2)cc1. The predicted octanol–water partition coefficient (Wildman–Crippen LogP) is 1.18. The minimum atomic E-state index is 0.774. The van der Waals surface area contributed by atoms with E-state index >= 15 is 0 Å². The third-order valence-electron chi connectivity index (χ3n) is 4.24. The molecule has 0 aliphatic carbocycles. The maximum Gasteiger partial charge on any atom is 0.119 e. The van der Waals surface area contributed by atoms with Crippen molar-refractivity contribution in [2.75, 3.05) is 51.3 Å². The maximum absolute atomic E-state index is 5.22. The van der Waals surface area contributed by atoms with Crippen molar-refractivity contribution in [2.45, 2.75) is 12.5 Å². The molecule has 2 fully saturated rings. The first-order valence-electron chi connectivity index (χ1n) is 7.20. The summed E-state index contributed by atoms with van der Waals surface area (Å²) in [5, 5.41) is 3.37. The Bertz CT molecular complexity index is 402. The van der Waals surface area contributed by atoms with Gasteiger partial charge in [0.15, 0.2) is 0 Å². The largest absolute Gasteiger partial charge is 0.497 e. The number of methoxy groups -OCH3 is 1. The van der Waals surface area contributed by atoms with Crippen LogP contribution in [0.5, 0.6) is 5.75 Å². The van der Waals surface area contributed by atoms with Crippen LogP contribution in [-0.4, -0.2) is 57.3 Å². The molecule has 1 N–H and O–H groups in total. The quantitative estimate of drug-likeness (QED) is 0.884. The number of hydrogen-bond acceptors (Lipinski definition) is 4. The number of benzene rings is 1. The number of anilines is 1.